The van der Waals surface area contributed by atoms with Gasteiger partial charge in [0, 0.05) is 11.1 Å². The molecule has 0 unspecified atom stereocenters. The van der Waals surface area contributed by atoms with Gasteiger partial charge in [0.1, 0.15) is 11.4 Å². The van der Waals surface area contributed by atoms with Gasteiger partial charge in [-0.3, -0.25) is 0 Å². The molecule has 33 heavy (non-hydrogen) atoms. The quantitative estimate of drug-likeness (QED) is 0.358. The molecule has 4 heterocycles. The van der Waals surface area contributed by atoms with E-state index in [4.69, 9.17) is 0 Å². The maximum Gasteiger partial charge on any atom is 0.158 e. The van der Waals surface area contributed by atoms with Crippen molar-refractivity contribution in [3.05, 3.63) is 95.1 Å². The van der Waals surface area contributed by atoms with Crippen molar-refractivity contribution < 1.29 is 16.8 Å². The number of aromatic nitrogens is 2. The van der Waals surface area contributed by atoms with Gasteiger partial charge in [-0.05, 0) is 22.3 Å². The SMILES string of the molecule is O=S1(=O)Cc2ccc(cc2)-c2nsnc2-c2ccc(cc2)CS(=O)(=O)Cc2cccc(c2)C1. The predicted molar refractivity (Wildman–Crippen MR) is 130 cm³/mol. The van der Waals surface area contributed by atoms with Crippen molar-refractivity contribution in [2.75, 3.05) is 0 Å². The lowest BCUT2D eigenvalue weighted by Gasteiger charge is -2.09. The first kappa shape index (κ1) is 21.9. The third-order valence-corrected chi connectivity index (χ3v) is 9.10. The van der Waals surface area contributed by atoms with Gasteiger partial charge < -0.3 is 0 Å². The molecule has 1 aromatic heterocycles. The highest BCUT2D eigenvalue weighted by Gasteiger charge is 2.19. The van der Waals surface area contributed by atoms with Crippen LogP contribution < -0.4 is 0 Å². The molecule has 0 aliphatic carbocycles. The summed E-state index contributed by atoms with van der Waals surface area (Å²) in [6.45, 7) is 0. The molecule has 4 aromatic rings. The third-order valence-electron chi connectivity index (χ3n) is 5.48. The van der Waals surface area contributed by atoms with E-state index in [9.17, 15) is 16.8 Å². The van der Waals surface area contributed by atoms with E-state index >= 15 is 0 Å². The van der Waals surface area contributed by atoms with Crippen molar-refractivity contribution in [1.82, 2.24) is 8.75 Å². The first-order chi connectivity index (χ1) is 15.8. The fourth-order valence-electron chi connectivity index (χ4n) is 4.01. The monoisotopic (exact) mass is 496 g/mol. The van der Waals surface area contributed by atoms with Crippen LogP contribution in [0.3, 0.4) is 0 Å². The zero-order valence-electron chi connectivity index (χ0n) is 17.5. The standard InChI is InChI=1S/C24H20N2O4S3/c27-32(28)13-17-4-8-21(9-5-17)23-24(26-31-25-23)22-10-6-18(7-11-22)14-33(29,30)16-20-3-1-2-19(12-20)15-32/h1-12H,13-16H2. The molecule has 0 fully saturated rings. The third kappa shape index (κ3) is 5.05. The fourth-order valence-corrected chi connectivity index (χ4v) is 7.58. The minimum absolute atomic E-state index is 0.0981. The van der Waals surface area contributed by atoms with Crippen LogP contribution in [0.15, 0.2) is 72.8 Å². The Labute approximate surface area is 197 Å². The molecule has 0 atom stereocenters. The minimum Gasteiger partial charge on any atom is -0.228 e. The van der Waals surface area contributed by atoms with E-state index in [1.54, 1.807) is 48.5 Å². The average Bonchev–Trinajstić information content (AvgIpc) is 3.23. The Kier molecular flexibility index (Phi) is 5.64. The van der Waals surface area contributed by atoms with E-state index < -0.39 is 19.7 Å². The molecule has 0 N–H and O–H groups in total. The lowest BCUT2D eigenvalue weighted by atomic mass is 10.0. The van der Waals surface area contributed by atoms with Crippen LogP contribution in [0.2, 0.25) is 0 Å². The van der Waals surface area contributed by atoms with Gasteiger partial charge in [0.05, 0.1) is 34.7 Å². The van der Waals surface area contributed by atoms with Crippen molar-refractivity contribution in [1.29, 1.82) is 0 Å². The van der Waals surface area contributed by atoms with E-state index in [0.717, 1.165) is 22.9 Å². The molecule has 0 saturated heterocycles. The zero-order chi connectivity index (χ0) is 23.1. The molecule has 6 bridgehead atoms. The molecule has 3 aliphatic rings. The van der Waals surface area contributed by atoms with Gasteiger partial charge in [-0.25, -0.2) is 16.8 Å². The van der Waals surface area contributed by atoms with E-state index in [-0.39, 0.29) is 23.0 Å². The van der Waals surface area contributed by atoms with Crippen LogP contribution in [0.5, 0.6) is 0 Å². The van der Waals surface area contributed by atoms with Crippen LogP contribution in [0, 0.1) is 0 Å². The Bertz CT molecular complexity index is 1410. The van der Waals surface area contributed by atoms with Crippen LogP contribution in [0.4, 0.5) is 0 Å². The molecule has 3 aliphatic heterocycles. The molecule has 0 saturated carbocycles. The van der Waals surface area contributed by atoms with E-state index in [1.807, 2.05) is 24.3 Å². The van der Waals surface area contributed by atoms with Gasteiger partial charge in [-0.15, -0.1) is 0 Å². The highest BCUT2D eigenvalue weighted by Crippen LogP contribution is 2.31. The van der Waals surface area contributed by atoms with Crippen molar-refractivity contribution >= 4 is 31.4 Å². The van der Waals surface area contributed by atoms with Crippen molar-refractivity contribution in [3.8, 4) is 22.5 Å². The number of nitrogens with zero attached hydrogens (tertiary/aromatic N) is 2. The Morgan fingerprint density at radius 3 is 1.36 bits per heavy atom. The smallest absolute Gasteiger partial charge is 0.158 e. The van der Waals surface area contributed by atoms with Crippen LogP contribution in [0.25, 0.3) is 22.5 Å². The number of sulfone groups is 2. The summed E-state index contributed by atoms with van der Waals surface area (Å²) in [5.41, 5.74) is 5.65. The average molecular weight is 497 g/mol. The summed E-state index contributed by atoms with van der Waals surface area (Å²) >= 11 is 1.10. The highest BCUT2D eigenvalue weighted by atomic mass is 32.2. The molecule has 0 amide bonds. The second-order valence-corrected chi connectivity index (χ2v) is 12.9. The lowest BCUT2D eigenvalue weighted by Crippen LogP contribution is -2.10. The van der Waals surface area contributed by atoms with Crippen LogP contribution in [-0.2, 0) is 42.7 Å². The van der Waals surface area contributed by atoms with E-state index in [2.05, 4.69) is 8.75 Å². The normalized spacial score (nSPS) is 17.0. The maximum absolute atomic E-state index is 12.8. The number of fused-ring (bicyclic) bond motifs is 2. The number of hydrogen-bond donors (Lipinski definition) is 0. The first-order valence-electron chi connectivity index (χ1n) is 10.3. The first-order valence-corrected chi connectivity index (χ1v) is 14.6. The molecule has 3 aromatic carbocycles. The molecule has 9 heteroatoms. The van der Waals surface area contributed by atoms with E-state index in [0.29, 0.717) is 33.6 Å². The molecule has 0 radical (unpaired) electrons. The lowest BCUT2D eigenvalue weighted by molar-refractivity contribution is 0.593. The number of rotatable bonds is 0. The number of hydrogen-bond acceptors (Lipinski definition) is 7. The summed E-state index contributed by atoms with van der Waals surface area (Å²) in [6, 6.07) is 21.5. The van der Waals surface area contributed by atoms with E-state index in [1.165, 1.54) is 0 Å². The van der Waals surface area contributed by atoms with Crippen molar-refractivity contribution in [2.24, 2.45) is 0 Å². The largest absolute Gasteiger partial charge is 0.228 e. The molecule has 6 nitrogen and oxygen atoms in total. The fraction of sp³-hybridized carbons (Fsp3) is 0.167. The topological polar surface area (TPSA) is 94.1 Å². The maximum atomic E-state index is 12.8. The molecule has 7 rings (SSSR count). The summed E-state index contributed by atoms with van der Waals surface area (Å²) in [5, 5.41) is 0. The second kappa shape index (κ2) is 8.48. The summed E-state index contributed by atoms with van der Waals surface area (Å²) in [6.07, 6.45) is 0. The number of benzene rings is 3. The van der Waals surface area contributed by atoms with Crippen LogP contribution in [-0.4, -0.2) is 25.6 Å². The van der Waals surface area contributed by atoms with Crippen LogP contribution >= 0.6 is 11.7 Å². The Balaban J connectivity index is 1.61. The van der Waals surface area contributed by atoms with Gasteiger partial charge in [0.25, 0.3) is 0 Å². The Morgan fingerprint density at radius 2 is 0.939 bits per heavy atom. The van der Waals surface area contributed by atoms with Gasteiger partial charge in [0.15, 0.2) is 19.7 Å². The van der Waals surface area contributed by atoms with Gasteiger partial charge >= 0.3 is 0 Å². The van der Waals surface area contributed by atoms with Crippen molar-refractivity contribution in [3.63, 3.8) is 0 Å². The molecule has 0 spiro atoms. The summed E-state index contributed by atoms with van der Waals surface area (Å²) in [7, 11) is -6.88. The predicted octanol–water partition coefficient (Wildman–Crippen LogP) is 4.42. The highest BCUT2D eigenvalue weighted by molar-refractivity contribution is 7.90. The Hall–Kier alpha value is -2.88. The minimum atomic E-state index is -3.44. The summed E-state index contributed by atoms with van der Waals surface area (Å²) in [5.74, 6) is -0.494. The van der Waals surface area contributed by atoms with Crippen molar-refractivity contribution in [2.45, 2.75) is 23.0 Å². The molecule has 168 valence electrons. The molecular formula is C24H20N2O4S3. The summed E-state index contributed by atoms with van der Waals surface area (Å²) < 4.78 is 60.2. The van der Waals surface area contributed by atoms with Crippen LogP contribution in [0.1, 0.15) is 22.3 Å². The molecular weight excluding hydrogens is 476 g/mol. The van der Waals surface area contributed by atoms with Gasteiger partial charge in [-0.2, -0.15) is 8.75 Å². The second-order valence-electron chi connectivity index (χ2n) is 8.24. The summed E-state index contributed by atoms with van der Waals surface area (Å²) in [4.78, 5) is 0. The zero-order valence-corrected chi connectivity index (χ0v) is 20.0. The Morgan fingerprint density at radius 1 is 0.545 bits per heavy atom. The van der Waals surface area contributed by atoms with Gasteiger partial charge in [-0.1, -0.05) is 72.8 Å². The van der Waals surface area contributed by atoms with Gasteiger partial charge in [0.2, 0.25) is 0 Å².